The number of rotatable bonds is 5. The average molecular weight is 500 g/mol. The number of fused-ring (bicyclic) bond motifs is 2. The maximum Gasteiger partial charge on any atom is 0.223 e. The van der Waals surface area contributed by atoms with E-state index in [1.165, 1.54) is 24.4 Å². The second-order valence-electron chi connectivity index (χ2n) is 9.48. The van der Waals surface area contributed by atoms with E-state index in [1.54, 1.807) is 24.3 Å². The molecule has 0 aliphatic carbocycles. The van der Waals surface area contributed by atoms with Gasteiger partial charge in [0.05, 0.1) is 16.3 Å². The summed E-state index contributed by atoms with van der Waals surface area (Å²) in [6, 6.07) is 10.4. The third-order valence-electron chi connectivity index (χ3n) is 7.25. The lowest BCUT2D eigenvalue weighted by Gasteiger charge is -2.33. The van der Waals surface area contributed by atoms with Gasteiger partial charge in [0.1, 0.15) is 5.82 Å². The first-order valence-electron chi connectivity index (χ1n) is 12.1. The highest BCUT2D eigenvalue weighted by Crippen LogP contribution is 2.33. The van der Waals surface area contributed by atoms with Crippen LogP contribution in [0.4, 0.5) is 0 Å². The standard InChI is InChI=1S/C26H30ClN3O3S/c1-18-26(30-12-3-2-4-24(30)28-18)19-9-13-29(14-10-19)25(31)11-15-34(32,33)23-8-6-20-16-22(27)7-5-21(20)17-23/h5-8,16-17,19H,2-4,9-15H2,1H3. The number of hydrogen-bond acceptors (Lipinski definition) is 4. The summed E-state index contributed by atoms with van der Waals surface area (Å²) in [7, 11) is -3.55. The topological polar surface area (TPSA) is 72.3 Å². The van der Waals surface area contributed by atoms with Crippen LogP contribution in [0.3, 0.4) is 0 Å². The summed E-state index contributed by atoms with van der Waals surface area (Å²) in [5.41, 5.74) is 2.48. The van der Waals surface area contributed by atoms with Crippen LogP contribution in [-0.2, 0) is 27.6 Å². The number of halogens is 1. The van der Waals surface area contributed by atoms with Crippen molar-refractivity contribution in [3.05, 3.63) is 58.6 Å². The van der Waals surface area contributed by atoms with Gasteiger partial charge in [0.25, 0.3) is 0 Å². The van der Waals surface area contributed by atoms with Gasteiger partial charge in [-0.2, -0.15) is 0 Å². The molecule has 0 N–H and O–H groups in total. The van der Waals surface area contributed by atoms with E-state index in [1.807, 2.05) is 17.0 Å². The van der Waals surface area contributed by atoms with E-state index in [0.29, 0.717) is 24.0 Å². The number of carbonyl (C=O) groups excluding carboxylic acids is 1. The van der Waals surface area contributed by atoms with E-state index < -0.39 is 9.84 Å². The van der Waals surface area contributed by atoms with Crippen molar-refractivity contribution in [2.75, 3.05) is 18.8 Å². The molecular formula is C26H30ClN3O3S. The van der Waals surface area contributed by atoms with E-state index in [4.69, 9.17) is 16.6 Å². The van der Waals surface area contributed by atoms with Crippen molar-refractivity contribution in [3.8, 4) is 0 Å². The molecule has 2 aromatic carbocycles. The van der Waals surface area contributed by atoms with E-state index in [-0.39, 0.29) is 23.0 Å². The number of sulfone groups is 1. The predicted molar refractivity (Wildman–Crippen MR) is 134 cm³/mol. The summed E-state index contributed by atoms with van der Waals surface area (Å²) < 4.78 is 28.2. The van der Waals surface area contributed by atoms with Crippen molar-refractivity contribution in [1.82, 2.24) is 14.5 Å². The van der Waals surface area contributed by atoms with Crippen molar-refractivity contribution in [2.24, 2.45) is 0 Å². The van der Waals surface area contributed by atoms with Gasteiger partial charge in [-0.15, -0.1) is 0 Å². The molecule has 8 heteroatoms. The lowest BCUT2D eigenvalue weighted by molar-refractivity contribution is -0.131. The molecule has 0 unspecified atom stereocenters. The molecule has 180 valence electrons. The first kappa shape index (κ1) is 23.4. The van der Waals surface area contributed by atoms with Crippen molar-refractivity contribution in [2.45, 2.75) is 62.8 Å². The summed E-state index contributed by atoms with van der Waals surface area (Å²) in [5.74, 6) is 1.36. The molecule has 1 fully saturated rings. The average Bonchev–Trinajstić information content (AvgIpc) is 3.18. The largest absolute Gasteiger partial charge is 0.343 e. The fraction of sp³-hybridized carbons (Fsp3) is 0.462. The Balaban J connectivity index is 1.20. The number of amides is 1. The van der Waals surface area contributed by atoms with Crippen LogP contribution in [-0.4, -0.2) is 47.6 Å². The molecule has 0 bridgehead atoms. The third-order valence-corrected chi connectivity index (χ3v) is 9.20. The van der Waals surface area contributed by atoms with Crippen LogP contribution < -0.4 is 0 Å². The second-order valence-corrected chi connectivity index (χ2v) is 12.0. The Bertz CT molecular complexity index is 1340. The van der Waals surface area contributed by atoms with Gasteiger partial charge >= 0.3 is 0 Å². The van der Waals surface area contributed by atoms with Gasteiger partial charge in [0.15, 0.2) is 9.84 Å². The predicted octanol–water partition coefficient (Wildman–Crippen LogP) is 4.90. The van der Waals surface area contributed by atoms with Gasteiger partial charge in [0.2, 0.25) is 5.91 Å². The van der Waals surface area contributed by atoms with Gasteiger partial charge in [-0.3, -0.25) is 4.79 Å². The summed E-state index contributed by atoms with van der Waals surface area (Å²) in [5, 5.41) is 2.32. The molecule has 34 heavy (non-hydrogen) atoms. The third kappa shape index (κ3) is 4.60. The van der Waals surface area contributed by atoms with Crippen molar-refractivity contribution >= 4 is 38.1 Å². The van der Waals surface area contributed by atoms with Crippen LogP contribution in [0.25, 0.3) is 10.8 Å². The molecule has 2 aliphatic rings. The number of likely N-dealkylation sites (tertiary alicyclic amines) is 1. The number of aromatic nitrogens is 2. The molecule has 0 atom stereocenters. The van der Waals surface area contributed by atoms with Gasteiger partial charge in [-0.25, -0.2) is 13.4 Å². The minimum absolute atomic E-state index is 0.00671. The maximum absolute atomic E-state index is 12.9. The van der Waals surface area contributed by atoms with E-state index in [9.17, 15) is 13.2 Å². The number of benzene rings is 2. The number of aryl methyl sites for hydroxylation is 2. The van der Waals surface area contributed by atoms with Gasteiger partial charge < -0.3 is 9.47 Å². The van der Waals surface area contributed by atoms with Crippen LogP contribution in [0.15, 0.2) is 41.3 Å². The Morgan fingerprint density at radius 2 is 1.79 bits per heavy atom. The molecule has 1 aromatic heterocycles. The Morgan fingerprint density at radius 3 is 2.59 bits per heavy atom. The van der Waals surface area contributed by atoms with Crippen molar-refractivity contribution in [3.63, 3.8) is 0 Å². The summed E-state index contributed by atoms with van der Waals surface area (Å²) in [6.07, 6.45) is 5.27. The highest BCUT2D eigenvalue weighted by Gasteiger charge is 2.29. The second kappa shape index (κ2) is 9.34. The van der Waals surface area contributed by atoms with E-state index >= 15 is 0 Å². The number of hydrogen-bond donors (Lipinski definition) is 0. The SMILES string of the molecule is Cc1nc2n(c1C1CCN(C(=O)CCS(=O)(=O)c3ccc4cc(Cl)ccc4c3)CC1)CCCC2. The summed E-state index contributed by atoms with van der Waals surface area (Å²) >= 11 is 6.02. The Hall–Kier alpha value is -2.38. The van der Waals surface area contributed by atoms with Crippen LogP contribution in [0.2, 0.25) is 5.02 Å². The number of carbonyl (C=O) groups is 1. The molecule has 5 rings (SSSR count). The van der Waals surface area contributed by atoms with Gasteiger partial charge in [0, 0.05) is 49.1 Å². The minimum Gasteiger partial charge on any atom is -0.343 e. The zero-order valence-corrected chi connectivity index (χ0v) is 21.0. The van der Waals surface area contributed by atoms with Crippen molar-refractivity contribution in [1.29, 1.82) is 0 Å². The molecule has 1 saturated heterocycles. The van der Waals surface area contributed by atoms with Gasteiger partial charge in [-0.1, -0.05) is 23.7 Å². The molecule has 0 saturated carbocycles. The zero-order valence-electron chi connectivity index (χ0n) is 19.5. The van der Waals surface area contributed by atoms with E-state index in [2.05, 4.69) is 11.5 Å². The maximum atomic E-state index is 12.9. The summed E-state index contributed by atoms with van der Waals surface area (Å²) in [4.78, 5) is 19.7. The number of piperidine rings is 1. The van der Waals surface area contributed by atoms with Crippen LogP contribution >= 0.6 is 11.6 Å². The smallest absolute Gasteiger partial charge is 0.223 e. The van der Waals surface area contributed by atoms with Crippen molar-refractivity contribution < 1.29 is 13.2 Å². The molecule has 0 spiro atoms. The molecule has 6 nitrogen and oxygen atoms in total. The molecule has 3 aromatic rings. The Labute approximate surface area is 205 Å². The first-order chi connectivity index (χ1) is 16.3. The molecular weight excluding hydrogens is 470 g/mol. The summed E-state index contributed by atoms with van der Waals surface area (Å²) in [6.45, 7) is 4.48. The Kier molecular flexibility index (Phi) is 6.42. The molecule has 2 aliphatic heterocycles. The lowest BCUT2D eigenvalue weighted by Crippen LogP contribution is -2.39. The molecule has 1 amide bonds. The number of nitrogens with zero attached hydrogens (tertiary/aromatic N) is 3. The highest BCUT2D eigenvalue weighted by molar-refractivity contribution is 7.91. The zero-order chi connectivity index (χ0) is 23.9. The Morgan fingerprint density at radius 1 is 1.06 bits per heavy atom. The number of imidazole rings is 1. The molecule has 0 radical (unpaired) electrons. The van der Waals surface area contributed by atoms with Crippen LogP contribution in [0, 0.1) is 6.92 Å². The fourth-order valence-corrected chi connectivity index (χ4v) is 6.88. The highest BCUT2D eigenvalue weighted by atomic mass is 35.5. The van der Waals surface area contributed by atoms with E-state index in [0.717, 1.165) is 42.3 Å². The van der Waals surface area contributed by atoms with Crippen LogP contribution in [0.1, 0.15) is 55.2 Å². The molecule has 3 heterocycles. The monoisotopic (exact) mass is 499 g/mol. The van der Waals surface area contributed by atoms with Gasteiger partial charge in [-0.05, 0) is 67.6 Å². The fourth-order valence-electron chi connectivity index (χ4n) is 5.44. The normalized spacial score (nSPS) is 17.2. The van der Waals surface area contributed by atoms with Crippen LogP contribution in [0.5, 0.6) is 0 Å². The quantitative estimate of drug-likeness (QED) is 0.500. The first-order valence-corrected chi connectivity index (χ1v) is 14.1. The lowest BCUT2D eigenvalue weighted by atomic mass is 9.91. The minimum atomic E-state index is -3.55.